The second-order valence-corrected chi connectivity index (χ2v) is 7.91. The number of nitrogens with one attached hydrogen (secondary N) is 1. The number of nitrogens with zero attached hydrogens (tertiary/aromatic N) is 4. The Hall–Kier alpha value is -2.90. The molecule has 0 saturated heterocycles. The Kier molecular flexibility index (Phi) is 5.02. The minimum atomic E-state index is -0.700. The van der Waals surface area contributed by atoms with Gasteiger partial charge in [-0.3, -0.25) is 14.5 Å². The predicted octanol–water partition coefficient (Wildman–Crippen LogP) is 4.20. The topological polar surface area (TPSA) is 80.1 Å². The average molecular weight is 430 g/mol. The van der Waals surface area contributed by atoms with Crippen molar-refractivity contribution in [2.24, 2.45) is 5.92 Å². The van der Waals surface area contributed by atoms with E-state index in [1.165, 1.54) is 15.8 Å². The summed E-state index contributed by atoms with van der Waals surface area (Å²) in [4.78, 5) is 27.5. The van der Waals surface area contributed by atoms with E-state index in [1.807, 2.05) is 13.8 Å². The summed E-state index contributed by atoms with van der Waals surface area (Å²) in [7, 11) is 0. The Morgan fingerprint density at radius 3 is 2.48 bits per heavy atom. The molecule has 0 saturated carbocycles. The highest BCUT2D eigenvalue weighted by Gasteiger charge is 2.40. The summed E-state index contributed by atoms with van der Waals surface area (Å²) in [5, 5.41) is 12.0. The minimum absolute atomic E-state index is 0.117. The van der Waals surface area contributed by atoms with E-state index in [4.69, 9.17) is 23.2 Å². The summed E-state index contributed by atoms with van der Waals surface area (Å²) in [6.45, 7) is 3.76. The fraction of sp³-hybridized carbons (Fsp3) is 0.200. The van der Waals surface area contributed by atoms with Crippen LogP contribution in [0.3, 0.4) is 0 Å². The Morgan fingerprint density at radius 2 is 1.79 bits per heavy atom. The fourth-order valence-electron chi connectivity index (χ4n) is 3.33. The lowest BCUT2D eigenvalue weighted by Crippen LogP contribution is -2.53. The molecular weight excluding hydrogens is 413 g/mol. The molecule has 7 nitrogen and oxygen atoms in total. The molecule has 4 rings (SSSR count). The third-order valence-electron chi connectivity index (χ3n) is 4.68. The summed E-state index contributed by atoms with van der Waals surface area (Å²) in [5.41, 5.74) is 1.88. The van der Waals surface area contributed by atoms with Gasteiger partial charge in [-0.15, -0.1) is 5.10 Å². The molecular formula is C20H17Cl2N5O2. The van der Waals surface area contributed by atoms with Crippen molar-refractivity contribution < 1.29 is 9.59 Å². The van der Waals surface area contributed by atoms with Gasteiger partial charge < -0.3 is 5.32 Å². The van der Waals surface area contributed by atoms with Gasteiger partial charge >= 0.3 is 0 Å². The number of carbonyl (C=O) groups is 2. The molecule has 2 heterocycles. The minimum Gasteiger partial charge on any atom is -0.322 e. The second-order valence-electron chi connectivity index (χ2n) is 7.04. The summed E-state index contributed by atoms with van der Waals surface area (Å²) in [5.74, 6) is -0.812. The van der Waals surface area contributed by atoms with E-state index in [0.29, 0.717) is 27.1 Å². The molecule has 0 aliphatic carbocycles. The largest absolute Gasteiger partial charge is 0.322 e. The van der Waals surface area contributed by atoms with Crippen LogP contribution in [-0.4, -0.2) is 32.9 Å². The van der Waals surface area contributed by atoms with Gasteiger partial charge in [-0.25, -0.2) is 4.68 Å². The van der Waals surface area contributed by atoms with Crippen LogP contribution in [0.2, 0.25) is 10.0 Å². The molecule has 29 heavy (non-hydrogen) atoms. The second kappa shape index (κ2) is 7.50. The molecule has 1 aliphatic rings. The van der Waals surface area contributed by atoms with Crippen molar-refractivity contribution in [3.63, 3.8) is 0 Å². The molecule has 3 aromatic rings. The van der Waals surface area contributed by atoms with E-state index < -0.39 is 11.9 Å². The molecule has 0 spiro atoms. The maximum atomic E-state index is 13.4. The summed E-state index contributed by atoms with van der Waals surface area (Å²) in [6.07, 6.45) is 1.53. The summed E-state index contributed by atoms with van der Waals surface area (Å²) in [6, 6.07) is 11.3. The molecule has 1 atom stereocenters. The number of hydrogen-bond acceptors (Lipinski definition) is 4. The molecule has 0 bridgehead atoms. The number of aromatic nitrogens is 3. The normalized spacial score (nSPS) is 16.0. The van der Waals surface area contributed by atoms with Crippen molar-refractivity contribution in [1.29, 1.82) is 0 Å². The molecule has 0 radical (unpaired) electrons. The average Bonchev–Trinajstić information content (AvgIpc) is 3.17. The SMILES string of the molecule is CC(C)C1C(=O)Nc2ccc(Cl)cc2N1C(=O)c1cn(-c2ccc(Cl)cc2)nn1. The molecule has 1 aliphatic heterocycles. The zero-order valence-corrected chi connectivity index (χ0v) is 17.1. The Balaban J connectivity index is 1.76. The Morgan fingerprint density at radius 1 is 1.10 bits per heavy atom. The Bertz CT molecular complexity index is 1090. The van der Waals surface area contributed by atoms with Crippen LogP contribution >= 0.6 is 23.2 Å². The molecule has 2 aromatic carbocycles. The van der Waals surface area contributed by atoms with Gasteiger partial charge in [-0.05, 0) is 48.4 Å². The lowest BCUT2D eigenvalue weighted by atomic mass is 9.97. The van der Waals surface area contributed by atoms with E-state index in [-0.39, 0.29) is 17.5 Å². The van der Waals surface area contributed by atoms with Crippen molar-refractivity contribution in [2.45, 2.75) is 19.9 Å². The standard InChI is InChI=1S/C20H17Cl2N5O2/c1-11(2)18-19(28)23-15-8-5-13(22)9-17(15)27(18)20(29)16-10-26(25-24-16)14-6-3-12(21)4-7-14/h3-11,18H,1-2H3,(H,23,28). The number of amides is 2. The molecule has 1 unspecified atom stereocenters. The number of benzene rings is 2. The van der Waals surface area contributed by atoms with E-state index in [2.05, 4.69) is 15.6 Å². The first-order valence-corrected chi connectivity index (χ1v) is 9.73. The lowest BCUT2D eigenvalue weighted by Gasteiger charge is -2.38. The Labute approximate surface area is 177 Å². The van der Waals surface area contributed by atoms with Crippen LogP contribution in [0, 0.1) is 5.92 Å². The van der Waals surface area contributed by atoms with Crippen molar-refractivity contribution in [3.8, 4) is 5.69 Å². The molecule has 1 N–H and O–H groups in total. The van der Waals surface area contributed by atoms with Crippen LogP contribution in [-0.2, 0) is 4.79 Å². The van der Waals surface area contributed by atoms with Crippen molar-refractivity contribution in [1.82, 2.24) is 15.0 Å². The quantitative estimate of drug-likeness (QED) is 0.676. The van der Waals surface area contributed by atoms with Gasteiger partial charge in [0.25, 0.3) is 5.91 Å². The molecule has 9 heteroatoms. The van der Waals surface area contributed by atoms with Crippen LogP contribution in [0.25, 0.3) is 5.69 Å². The fourth-order valence-corrected chi connectivity index (χ4v) is 3.62. The van der Waals surface area contributed by atoms with Crippen LogP contribution in [0.15, 0.2) is 48.7 Å². The van der Waals surface area contributed by atoms with Crippen LogP contribution in [0.1, 0.15) is 24.3 Å². The zero-order chi connectivity index (χ0) is 20.7. The third kappa shape index (κ3) is 3.59. The smallest absolute Gasteiger partial charge is 0.281 e. The first-order chi connectivity index (χ1) is 13.8. The number of hydrogen-bond donors (Lipinski definition) is 1. The highest BCUT2D eigenvalue weighted by Crippen LogP contribution is 2.37. The highest BCUT2D eigenvalue weighted by atomic mass is 35.5. The van der Waals surface area contributed by atoms with Gasteiger partial charge in [0.2, 0.25) is 5.91 Å². The van der Waals surface area contributed by atoms with Gasteiger partial charge in [0.1, 0.15) is 6.04 Å². The van der Waals surface area contributed by atoms with Gasteiger partial charge in [0, 0.05) is 10.0 Å². The molecule has 2 amide bonds. The third-order valence-corrected chi connectivity index (χ3v) is 5.17. The van der Waals surface area contributed by atoms with Gasteiger partial charge in [-0.2, -0.15) is 0 Å². The van der Waals surface area contributed by atoms with Crippen molar-refractivity contribution in [3.05, 3.63) is 64.4 Å². The van der Waals surface area contributed by atoms with Crippen LogP contribution < -0.4 is 10.2 Å². The maximum absolute atomic E-state index is 13.4. The lowest BCUT2D eigenvalue weighted by molar-refractivity contribution is -0.118. The summed E-state index contributed by atoms with van der Waals surface area (Å²) >= 11 is 12.1. The molecule has 148 valence electrons. The number of fused-ring (bicyclic) bond motifs is 1. The number of carbonyl (C=O) groups excluding carboxylic acids is 2. The van der Waals surface area contributed by atoms with Crippen molar-refractivity contribution >= 4 is 46.4 Å². The zero-order valence-electron chi connectivity index (χ0n) is 15.6. The van der Waals surface area contributed by atoms with Crippen LogP contribution in [0.5, 0.6) is 0 Å². The summed E-state index contributed by atoms with van der Waals surface area (Å²) < 4.78 is 1.48. The van der Waals surface area contributed by atoms with E-state index >= 15 is 0 Å². The van der Waals surface area contributed by atoms with Gasteiger partial charge in [-0.1, -0.05) is 42.3 Å². The highest BCUT2D eigenvalue weighted by molar-refractivity contribution is 6.31. The first-order valence-electron chi connectivity index (χ1n) is 8.97. The van der Waals surface area contributed by atoms with Gasteiger partial charge in [0.15, 0.2) is 5.69 Å². The monoisotopic (exact) mass is 429 g/mol. The molecule has 1 aromatic heterocycles. The predicted molar refractivity (Wildman–Crippen MR) is 112 cm³/mol. The number of anilines is 2. The number of rotatable bonds is 3. The van der Waals surface area contributed by atoms with Gasteiger partial charge in [0.05, 0.1) is 23.3 Å². The van der Waals surface area contributed by atoms with E-state index in [0.717, 1.165) is 0 Å². The number of halogens is 2. The maximum Gasteiger partial charge on any atom is 0.281 e. The first kappa shape index (κ1) is 19.4. The molecule has 0 fully saturated rings. The van der Waals surface area contributed by atoms with E-state index in [1.54, 1.807) is 42.5 Å². The van der Waals surface area contributed by atoms with Crippen LogP contribution in [0.4, 0.5) is 11.4 Å². The van der Waals surface area contributed by atoms with E-state index in [9.17, 15) is 9.59 Å². The van der Waals surface area contributed by atoms with Crippen molar-refractivity contribution in [2.75, 3.05) is 10.2 Å².